The largest absolute Gasteiger partial charge is 0.391 e. The highest BCUT2D eigenvalue weighted by atomic mass is 16.5. The molecule has 2 N–H and O–H groups in total. The van der Waals surface area contributed by atoms with Gasteiger partial charge < -0.3 is 14.9 Å². The van der Waals surface area contributed by atoms with Gasteiger partial charge in [-0.2, -0.15) is 0 Å². The molecule has 2 atom stereocenters. The Labute approximate surface area is 132 Å². The molecule has 128 valence electrons. The van der Waals surface area contributed by atoms with Crippen LogP contribution < -0.4 is 0 Å². The molecule has 3 nitrogen and oxygen atoms in total. The van der Waals surface area contributed by atoms with Gasteiger partial charge in [0.15, 0.2) is 0 Å². The van der Waals surface area contributed by atoms with Crippen molar-refractivity contribution < 1.29 is 14.9 Å². The molecular formula is C18H38O3. The first-order valence-electron chi connectivity index (χ1n) is 9.14. The van der Waals surface area contributed by atoms with Gasteiger partial charge in [-0.25, -0.2) is 0 Å². The van der Waals surface area contributed by atoms with E-state index in [1.54, 1.807) is 0 Å². The molecule has 0 amide bonds. The lowest BCUT2D eigenvalue weighted by Gasteiger charge is -2.14. The maximum absolute atomic E-state index is 9.79. The van der Waals surface area contributed by atoms with Crippen LogP contribution in [0.3, 0.4) is 0 Å². The second-order valence-electron chi connectivity index (χ2n) is 6.25. The molecular weight excluding hydrogens is 264 g/mol. The van der Waals surface area contributed by atoms with Crippen LogP contribution in [0.5, 0.6) is 0 Å². The molecule has 0 aromatic heterocycles. The maximum atomic E-state index is 9.79. The van der Waals surface area contributed by atoms with Crippen LogP contribution in [0.2, 0.25) is 0 Å². The first kappa shape index (κ1) is 20.9. The van der Waals surface area contributed by atoms with E-state index >= 15 is 0 Å². The number of rotatable bonds is 16. The molecule has 0 saturated carbocycles. The van der Waals surface area contributed by atoms with Gasteiger partial charge in [0.2, 0.25) is 0 Å². The Balaban J connectivity index is 3.30. The van der Waals surface area contributed by atoms with Crippen molar-refractivity contribution in [1.29, 1.82) is 0 Å². The first-order valence-corrected chi connectivity index (χ1v) is 9.14. The lowest BCUT2D eigenvalue weighted by atomic mass is 10.1. The molecule has 0 aliphatic rings. The van der Waals surface area contributed by atoms with E-state index in [-0.39, 0.29) is 12.2 Å². The standard InChI is InChI=1S/C18H38O3/c1-3-5-7-9-11-13-17(19)15-21-16-18(20)14-12-10-8-6-4-2/h17-20H,3-16H2,1-2H3. The van der Waals surface area contributed by atoms with Gasteiger partial charge in [0.05, 0.1) is 25.4 Å². The summed E-state index contributed by atoms with van der Waals surface area (Å²) in [5, 5.41) is 19.6. The maximum Gasteiger partial charge on any atom is 0.0773 e. The fourth-order valence-corrected chi connectivity index (χ4v) is 2.47. The summed E-state index contributed by atoms with van der Waals surface area (Å²) in [5.74, 6) is 0. The summed E-state index contributed by atoms with van der Waals surface area (Å²) in [7, 11) is 0. The van der Waals surface area contributed by atoms with Crippen molar-refractivity contribution in [3.05, 3.63) is 0 Å². The predicted octanol–water partition coefficient (Wildman–Crippen LogP) is 4.45. The fourth-order valence-electron chi connectivity index (χ4n) is 2.47. The highest BCUT2D eigenvalue weighted by molar-refractivity contribution is 4.58. The van der Waals surface area contributed by atoms with Gasteiger partial charge in [0, 0.05) is 0 Å². The zero-order chi connectivity index (χ0) is 15.8. The molecule has 0 aliphatic carbocycles. The smallest absolute Gasteiger partial charge is 0.0773 e. The first-order chi connectivity index (χ1) is 10.2. The number of hydrogen-bond acceptors (Lipinski definition) is 3. The van der Waals surface area contributed by atoms with Crippen LogP contribution in [-0.2, 0) is 4.74 Å². The van der Waals surface area contributed by atoms with Crippen molar-refractivity contribution in [2.75, 3.05) is 13.2 Å². The Kier molecular flexibility index (Phi) is 16.2. The molecule has 0 aromatic rings. The van der Waals surface area contributed by atoms with Crippen LogP contribution in [0.25, 0.3) is 0 Å². The van der Waals surface area contributed by atoms with Crippen LogP contribution in [0.1, 0.15) is 90.9 Å². The highest BCUT2D eigenvalue weighted by Crippen LogP contribution is 2.09. The van der Waals surface area contributed by atoms with E-state index in [9.17, 15) is 10.2 Å². The summed E-state index contributed by atoms with van der Waals surface area (Å²) in [6.45, 7) is 5.14. The van der Waals surface area contributed by atoms with Crippen molar-refractivity contribution in [3.8, 4) is 0 Å². The second-order valence-corrected chi connectivity index (χ2v) is 6.25. The van der Waals surface area contributed by atoms with E-state index in [2.05, 4.69) is 13.8 Å². The molecule has 0 saturated heterocycles. The minimum absolute atomic E-state index is 0.362. The average molecular weight is 302 g/mol. The summed E-state index contributed by atoms with van der Waals surface area (Å²) in [6.07, 6.45) is 13.0. The SMILES string of the molecule is CCCCCCCC(O)COCC(O)CCCCCCC. The normalized spacial score (nSPS) is 14.3. The molecule has 0 aromatic carbocycles. The zero-order valence-corrected chi connectivity index (χ0v) is 14.4. The molecule has 0 bridgehead atoms. The van der Waals surface area contributed by atoms with Gasteiger partial charge >= 0.3 is 0 Å². The summed E-state index contributed by atoms with van der Waals surface area (Å²) >= 11 is 0. The Hall–Kier alpha value is -0.120. The van der Waals surface area contributed by atoms with E-state index in [4.69, 9.17) is 4.74 Å². The van der Waals surface area contributed by atoms with E-state index < -0.39 is 0 Å². The minimum atomic E-state index is -0.372. The van der Waals surface area contributed by atoms with Gasteiger partial charge in [-0.3, -0.25) is 0 Å². The van der Waals surface area contributed by atoms with Crippen molar-refractivity contribution in [2.24, 2.45) is 0 Å². The number of aliphatic hydroxyl groups excluding tert-OH is 2. The predicted molar refractivity (Wildman–Crippen MR) is 89.6 cm³/mol. The summed E-state index contributed by atoms with van der Waals surface area (Å²) in [4.78, 5) is 0. The van der Waals surface area contributed by atoms with Crippen LogP contribution in [0, 0.1) is 0 Å². The quantitative estimate of drug-likeness (QED) is 0.414. The van der Waals surface area contributed by atoms with E-state index in [1.807, 2.05) is 0 Å². The molecule has 0 radical (unpaired) electrons. The van der Waals surface area contributed by atoms with E-state index in [0.29, 0.717) is 13.2 Å². The lowest BCUT2D eigenvalue weighted by Crippen LogP contribution is -2.21. The monoisotopic (exact) mass is 302 g/mol. The van der Waals surface area contributed by atoms with E-state index in [0.717, 1.165) is 25.7 Å². The summed E-state index contributed by atoms with van der Waals surface area (Å²) < 4.78 is 5.41. The number of ether oxygens (including phenoxy) is 1. The fraction of sp³-hybridized carbons (Fsp3) is 1.00. The van der Waals surface area contributed by atoms with Crippen molar-refractivity contribution in [2.45, 2.75) is 103 Å². The third kappa shape index (κ3) is 16.1. The van der Waals surface area contributed by atoms with Gasteiger partial charge in [0.1, 0.15) is 0 Å². The van der Waals surface area contributed by atoms with Crippen LogP contribution in [-0.4, -0.2) is 35.6 Å². The Morgan fingerprint density at radius 3 is 1.38 bits per heavy atom. The Morgan fingerprint density at radius 2 is 1.00 bits per heavy atom. The molecule has 0 fully saturated rings. The lowest BCUT2D eigenvalue weighted by molar-refractivity contribution is -0.0129. The van der Waals surface area contributed by atoms with Crippen LogP contribution in [0.4, 0.5) is 0 Å². The van der Waals surface area contributed by atoms with Gasteiger partial charge in [-0.1, -0.05) is 78.1 Å². The summed E-state index contributed by atoms with van der Waals surface area (Å²) in [6, 6.07) is 0. The van der Waals surface area contributed by atoms with Gasteiger partial charge in [-0.05, 0) is 12.8 Å². The Morgan fingerprint density at radius 1 is 0.619 bits per heavy atom. The third-order valence-electron chi connectivity index (χ3n) is 3.90. The van der Waals surface area contributed by atoms with Crippen molar-refractivity contribution >= 4 is 0 Å². The van der Waals surface area contributed by atoms with Crippen molar-refractivity contribution in [1.82, 2.24) is 0 Å². The third-order valence-corrected chi connectivity index (χ3v) is 3.90. The minimum Gasteiger partial charge on any atom is -0.391 e. The number of aliphatic hydroxyl groups is 2. The van der Waals surface area contributed by atoms with E-state index in [1.165, 1.54) is 51.4 Å². The van der Waals surface area contributed by atoms with Crippen molar-refractivity contribution in [3.63, 3.8) is 0 Å². The Bertz CT molecular complexity index is 177. The zero-order valence-electron chi connectivity index (χ0n) is 14.4. The molecule has 21 heavy (non-hydrogen) atoms. The molecule has 2 unspecified atom stereocenters. The molecule has 0 rings (SSSR count). The number of unbranched alkanes of at least 4 members (excludes halogenated alkanes) is 8. The van der Waals surface area contributed by atoms with Gasteiger partial charge in [-0.15, -0.1) is 0 Å². The second kappa shape index (κ2) is 16.3. The van der Waals surface area contributed by atoms with Crippen LogP contribution >= 0.6 is 0 Å². The highest BCUT2D eigenvalue weighted by Gasteiger charge is 2.07. The number of hydrogen-bond donors (Lipinski definition) is 2. The molecule has 0 aliphatic heterocycles. The molecule has 3 heteroatoms. The molecule has 0 heterocycles. The van der Waals surface area contributed by atoms with Crippen LogP contribution in [0.15, 0.2) is 0 Å². The summed E-state index contributed by atoms with van der Waals surface area (Å²) in [5.41, 5.74) is 0. The topological polar surface area (TPSA) is 49.7 Å². The van der Waals surface area contributed by atoms with Gasteiger partial charge in [0.25, 0.3) is 0 Å². The average Bonchev–Trinajstić information content (AvgIpc) is 2.47. The molecule has 0 spiro atoms.